The number of nitrogens with zero attached hydrogens (tertiary/aromatic N) is 1. The van der Waals surface area contributed by atoms with Crippen molar-refractivity contribution in [2.45, 2.75) is 19.4 Å². The van der Waals surface area contributed by atoms with Gasteiger partial charge < -0.3 is 14.7 Å². The third-order valence-corrected chi connectivity index (χ3v) is 5.05. The van der Waals surface area contributed by atoms with Crippen LogP contribution in [0.25, 0.3) is 0 Å². The van der Waals surface area contributed by atoms with Crippen LogP contribution < -0.4 is 0 Å². The number of amides is 1. The zero-order chi connectivity index (χ0) is 18.7. The highest BCUT2D eigenvalue weighted by atomic mass is 79.9. The maximum absolute atomic E-state index is 12.4. The van der Waals surface area contributed by atoms with Crippen LogP contribution in [0.3, 0.4) is 0 Å². The largest absolute Gasteiger partial charge is 0.481 e. The van der Waals surface area contributed by atoms with Crippen molar-refractivity contribution < 1.29 is 19.4 Å². The van der Waals surface area contributed by atoms with Gasteiger partial charge in [0.15, 0.2) is 0 Å². The molecule has 2 aromatic carbocycles. The molecule has 0 radical (unpaired) electrons. The van der Waals surface area contributed by atoms with E-state index in [9.17, 15) is 14.7 Å². The Bertz CT molecular complexity index is 788. The van der Waals surface area contributed by atoms with E-state index in [1.807, 2.05) is 55.5 Å². The summed E-state index contributed by atoms with van der Waals surface area (Å²) in [5.41, 5.74) is 2.86. The Kier molecular flexibility index (Phi) is 5.61. The molecule has 136 valence electrons. The zero-order valence-corrected chi connectivity index (χ0v) is 16.0. The van der Waals surface area contributed by atoms with Crippen LogP contribution >= 0.6 is 15.9 Å². The zero-order valence-electron chi connectivity index (χ0n) is 14.4. The molecule has 1 amide bonds. The lowest BCUT2D eigenvalue weighted by Crippen LogP contribution is -2.30. The first-order chi connectivity index (χ1) is 12.4. The molecule has 6 heteroatoms. The van der Waals surface area contributed by atoms with Crippen molar-refractivity contribution in [1.29, 1.82) is 0 Å². The summed E-state index contributed by atoms with van der Waals surface area (Å²) in [7, 11) is 0. The molecule has 26 heavy (non-hydrogen) atoms. The monoisotopic (exact) mass is 417 g/mol. The van der Waals surface area contributed by atoms with Gasteiger partial charge in [-0.3, -0.25) is 4.79 Å². The van der Waals surface area contributed by atoms with Gasteiger partial charge in [0.25, 0.3) is 0 Å². The molecule has 1 saturated heterocycles. The fourth-order valence-electron chi connectivity index (χ4n) is 3.33. The molecular weight excluding hydrogens is 398 g/mol. The molecule has 2 aromatic rings. The molecule has 1 heterocycles. The van der Waals surface area contributed by atoms with Crippen molar-refractivity contribution in [3.63, 3.8) is 0 Å². The number of benzene rings is 2. The highest BCUT2D eigenvalue weighted by Crippen LogP contribution is 2.35. The standard InChI is InChI=1S/C20H20BrNO4/c1-13-7-15(9-16(21)8-13)17-10-22(11-18(17)19(23)24)20(25)26-12-14-5-3-2-4-6-14/h2-9,17-18H,10-12H2,1H3,(H,23,24)/t17-,18+/m0/s1. The topological polar surface area (TPSA) is 66.8 Å². The lowest BCUT2D eigenvalue weighted by atomic mass is 9.88. The van der Waals surface area contributed by atoms with Crippen LogP contribution in [0.5, 0.6) is 0 Å². The van der Waals surface area contributed by atoms with E-state index in [1.54, 1.807) is 0 Å². The Balaban J connectivity index is 1.72. The van der Waals surface area contributed by atoms with Crippen LogP contribution in [0.15, 0.2) is 53.0 Å². The number of rotatable bonds is 4. The van der Waals surface area contributed by atoms with Gasteiger partial charge in [-0.1, -0.05) is 52.3 Å². The van der Waals surface area contributed by atoms with E-state index in [-0.39, 0.29) is 19.1 Å². The van der Waals surface area contributed by atoms with Gasteiger partial charge in [-0.15, -0.1) is 0 Å². The predicted octanol–water partition coefficient (Wildman–Crippen LogP) is 4.19. The van der Waals surface area contributed by atoms with Crippen LogP contribution in [-0.4, -0.2) is 35.2 Å². The van der Waals surface area contributed by atoms with Crippen molar-refractivity contribution in [3.8, 4) is 0 Å². The van der Waals surface area contributed by atoms with Crippen LogP contribution in [0.1, 0.15) is 22.6 Å². The average Bonchev–Trinajstić information content (AvgIpc) is 3.05. The second kappa shape index (κ2) is 7.91. The van der Waals surface area contributed by atoms with Crippen LogP contribution in [-0.2, 0) is 16.1 Å². The molecule has 1 N–H and O–H groups in total. The Morgan fingerprint density at radius 2 is 1.92 bits per heavy atom. The second-order valence-electron chi connectivity index (χ2n) is 6.56. The Hall–Kier alpha value is -2.34. The third-order valence-electron chi connectivity index (χ3n) is 4.59. The Morgan fingerprint density at radius 3 is 2.58 bits per heavy atom. The summed E-state index contributed by atoms with van der Waals surface area (Å²) in [6.45, 7) is 2.62. The number of hydrogen-bond donors (Lipinski definition) is 1. The smallest absolute Gasteiger partial charge is 0.410 e. The number of carboxylic acid groups (broad SMARTS) is 1. The minimum absolute atomic E-state index is 0.152. The minimum Gasteiger partial charge on any atom is -0.481 e. The summed E-state index contributed by atoms with van der Waals surface area (Å²) >= 11 is 3.46. The van der Waals surface area contributed by atoms with Gasteiger partial charge in [0.05, 0.1) is 5.92 Å². The molecule has 0 unspecified atom stereocenters. The SMILES string of the molecule is Cc1cc(Br)cc([C@@H]2CN(C(=O)OCc3ccccc3)C[C@H]2C(=O)O)c1. The number of aliphatic carboxylic acids is 1. The summed E-state index contributed by atoms with van der Waals surface area (Å²) in [4.78, 5) is 25.6. The maximum Gasteiger partial charge on any atom is 0.410 e. The lowest BCUT2D eigenvalue weighted by molar-refractivity contribution is -0.141. The molecule has 1 fully saturated rings. The molecule has 5 nitrogen and oxygen atoms in total. The van der Waals surface area contributed by atoms with Gasteiger partial charge in [0.1, 0.15) is 6.61 Å². The first kappa shape index (κ1) is 18.5. The first-order valence-corrected chi connectivity index (χ1v) is 9.19. The number of likely N-dealkylation sites (tertiary alicyclic amines) is 1. The number of carbonyl (C=O) groups is 2. The summed E-state index contributed by atoms with van der Waals surface area (Å²) in [5, 5.41) is 9.60. The lowest BCUT2D eigenvalue weighted by Gasteiger charge is -2.17. The minimum atomic E-state index is -0.897. The number of ether oxygens (including phenoxy) is 1. The van der Waals surface area contributed by atoms with Crippen molar-refractivity contribution in [1.82, 2.24) is 4.90 Å². The average molecular weight is 418 g/mol. The van der Waals surface area contributed by atoms with Crippen molar-refractivity contribution in [2.24, 2.45) is 5.92 Å². The predicted molar refractivity (Wildman–Crippen MR) is 101 cm³/mol. The van der Waals surface area contributed by atoms with E-state index in [4.69, 9.17) is 4.74 Å². The van der Waals surface area contributed by atoms with Gasteiger partial charge >= 0.3 is 12.1 Å². The first-order valence-electron chi connectivity index (χ1n) is 8.39. The summed E-state index contributed by atoms with van der Waals surface area (Å²) in [5.74, 6) is -1.80. The van der Waals surface area contributed by atoms with Crippen molar-refractivity contribution in [3.05, 3.63) is 69.7 Å². The molecule has 0 aliphatic carbocycles. The molecule has 0 bridgehead atoms. The molecular formula is C20H20BrNO4. The van der Waals surface area contributed by atoms with E-state index in [2.05, 4.69) is 15.9 Å². The quantitative estimate of drug-likeness (QED) is 0.809. The van der Waals surface area contributed by atoms with E-state index < -0.39 is 18.0 Å². The highest BCUT2D eigenvalue weighted by Gasteiger charge is 2.41. The van der Waals surface area contributed by atoms with Gasteiger partial charge in [-0.2, -0.15) is 0 Å². The Labute approximate surface area is 160 Å². The van der Waals surface area contributed by atoms with Crippen LogP contribution in [0.2, 0.25) is 0 Å². The molecule has 2 atom stereocenters. The van der Waals surface area contributed by atoms with E-state index in [0.29, 0.717) is 6.54 Å². The second-order valence-corrected chi connectivity index (χ2v) is 7.47. The maximum atomic E-state index is 12.4. The molecule has 1 aliphatic rings. The molecule has 0 saturated carbocycles. The summed E-state index contributed by atoms with van der Waals surface area (Å²) < 4.78 is 6.26. The van der Waals surface area contributed by atoms with Gasteiger partial charge in [0.2, 0.25) is 0 Å². The normalized spacial score (nSPS) is 19.4. The van der Waals surface area contributed by atoms with Crippen molar-refractivity contribution >= 4 is 28.0 Å². The molecule has 0 aromatic heterocycles. The fourth-order valence-corrected chi connectivity index (χ4v) is 3.96. The van der Waals surface area contributed by atoms with E-state index in [1.165, 1.54) is 4.90 Å². The van der Waals surface area contributed by atoms with Crippen LogP contribution in [0, 0.1) is 12.8 Å². The molecule has 1 aliphatic heterocycles. The van der Waals surface area contributed by atoms with Crippen LogP contribution in [0.4, 0.5) is 4.79 Å². The number of aryl methyl sites for hydroxylation is 1. The number of carboxylic acids is 1. The molecule has 0 spiro atoms. The molecule has 3 rings (SSSR count). The van der Waals surface area contributed by atoms with E-state index in [0.717, 1.165) is 21.2 Å². The number of carbonyl (C=O) groups excluding carboxylic acids is 1. The Morgan fingerprint density at radius 1 is 1.19 bits per heavy atom. The van der Waals surface area contributed by atoms with Crippen molar-refractivity contribution in [2.75, 3.05) is 13.1 Å². The van der Waals surface area contributed by atoms with E-state index >= 15 is 0 Å². The summed E-state index contributed by atoms with van der Waals surface area (Å²) in [6, 6.07) is 15.3. The third kappa shape index (κ3) is 4.25. The van der Waals surface area contributed by atoms with Gasteiger partial charge in [0, 0.05) is 23.5 Å². The highest BCUT2D eigenvalue weighted by molar-refractivity contribution is 9.10. The van der Waals surface area contributed by atoms with Gasteiger partial charge in [-0.05, 0) is 35.7 Å². The number of halogens is 1. The number of hydrogen-bond acceptors (Lipinski definition) is 3. The summed E-state index contributed by atoms with van der Waals surface area (Å²) in [6.07, 6.45) is -0.477. The van der Waals surface area contributed by atoms with Gasteiger partial charge in [-0.25, -0.2) is 4.79 Å². The fraction of sp³-hybridized carbons (Fsp3) is 0.300.